The van der Waals surface area contributed by atoms with Crippen LogP contribution in [0.5, 0.6) is 0 Å². The number of allylic oxidation sites excluding steroid dienone is 28. The van der Waals surface area contributed by atoms with Crippen LogP contribution in [0.1, 0.15) is 310 Å². The van der Waals surface area contributed by atoms with Crippen molar-refractivity contribution in [3.63, 3.8) is 0 Å². The molecule has 0 amide bonds. The molecule has 3 N–H and O–H groups in total. The van der Waals surface area contributed by atoms with Crippen LogP contribution in [0.15, 0.2) is 170 Å². The number of ether oxygens (including phenoxy) is 4. The highest BCUT2D eigenvalue weighted by Crippen LogP contribution is 2.45. The number of aliphatic hydroxyl groups is 1. The van der Waals surface area contributed by atoms with E-state index in [2.05, 4.69) is 174 Å². The van der Waals surface area contributed by atoms with E-state index >= 15 is 0 Å². The Morgan fingerprint density at radius 3 is 0.787 bits per heavy atom. The fourth-order valence-electron chi connectivity index (χ4n) is 10.5. The molecule has 0 bridgehead atoms. The van der Waals surface area contributed by atoms with Crippen LogP contribution >= 0.6 is 15.6 Å². The number of rotatable bonds is 76. The normalized spacial score (nSPS) is 14.7. The van der Waals surface area contributed by atoms with Crippen LogP contribution in [-0.4, -0.2) is 96.7 Å². The molecule has 5 unspecified atom stereocenters. The Hall–Kier alpha value is -5.58. The fraction of sp³-hybridized carbons (Fsp3) is 0.640. The summed E-state index contributed by atoms with van der Waals surface area (Å²) in [5.74, 6) is -2.33. The third-order valence-electron chi connectivity index (χ3n) is 16.7. The molecular formula is C89H146O17P2. The molecule has 0 aromatic carbocycles. The molecule has 0 aliphatic rings. The molecule has 0 saturated carbocycles. The van der Waals surface area contributed by atoms with Gasteiger partial charge in [-0.2, -0.15) is 0 Å². The van der Waals surface area contributed by atoms with Gasteiger partial charge in [0.25, 0.3) is 0 Å². The molecule has 17 nitrogen and oxygen atoms in total. The van der Waals surface area contributed by atoms with Gasteiger partial charge in [0, 0.05) is 25.7 Å². The monoisotopic (exact) mass is 1550 g/mol. The lowest BCUT2D eigenvalue weighted by molar-refractivity contribution is -0.161. The molecule has 0 rings (SSSR count). The molecule has 0 fully saturated rings. The van der Waals surface area contributed by atoms with Crippen molar-refractivity contribution in [2.45, 2.75) is 329 Å². The Morgan fingerprint density at radius 2 is 0.491 bits per heavy atom. The van der Waals surface area contributed by atoms with E-state index in [-0.39, 0.29) is 25.7 Å². The predicted octanol–water partition coefficient (Wildman–Crippen LogP) is 24.6. The summed E-state index contributed by atoms with van der Waals surface area (Å²) < 4.78 is 68.6. The summed E-state index contributed by atoms with van der Waals surface area (Å²) in [5, 5.41) is 10.7. The molecule has 0 spiro atoms. The zero-order chi connectivity index (χ0) is 78.9. The number of phosphoric ester groups is 2. The van der Waals surface area contributed by atoms with Gasteiger partial charge in [-0.25, -0.2) is 9.13 Å². The number of carbonyl (C=O) groups is 4. The highest BCUT2D eigenvalue weighted by Gasteiger charge is 2.30. The van der Waals surface area contributed by atoms with Gasteiger partial charge in [-0.1, -0.05) is 313 Å². The summed E-state index contributed by atoms with van der Waals surface area (Å²) in [6.07, 6.45) is 94.8. The van der Waals surface area contributed by atoms with Crippen LogP contribution in [0.3, 0.4) is 0 Å². The quantitative estimate of drug-likeness (QED) is 0.0169. The number of phosphoric acid groups is 2. The molecule has 614 valence electrons. The van der Waals surface area contributed by atoms with E-state index in [4.69, 9.17) is 37.0 Å². The SMILES string of the molecule is CC/C=C\C/C=C\C/C=C\C/C=C\C/C=C\CCCC(=O)OCC(COP(=O)(O)OCC(O)COP(=O)(O)OCC(COC(=O)CCCCCCCC/C=C\C/C=C\C/C=C\C/C=C\CC)OC(=O)CCCCCCCCCCCCCCCCC)OC(=O)CCC/C=C\C/C=C\C/C=C\C/C=C\C/C=C\CC. The predicted molar refractivity (Wildman–Crippen MR) is 445 cm³/mol. The molecule has 0 radical (unpaired) electrons. The minimum absolute atomic E-state index is 0.00137. The third-order valence-corrected chi connectivity index (χ3v) is 18.6. The fourth-order valence-corrected chi connectivity index (χ4v) is 12.1. The second-order valence-corrected chi connectivity index (χ2v) is 29.8. The van der Waals surface area contributed by atoms with Crippen molar-refractivity contribution in [1.29, 1.82) is 0 Å². The second kappa shape index (κ2) is 79.5. The molecule has 0 aromatic rings. The lowest BCUT2D eigenvalue weighted by Gasteiger charge is -2.21. The summed E-state index contributed by atoms with van der Waals surface area (Å²) in [6, 6.07) is 0. The molecule has 108 heavy (non-hydrogen) atoms. The summed E-state index contributed by atoms with van der Waals surface area (Å²) in [6.45, 7) is 4.40. The number of carbonyl (C=O) groups excluding carboxylic acids is 4. The maximum absolute atomic E-state index is 13.1. The van der Waals surface area contributed by atoms with E-state index in [0.717, 1.165) is 154 Å². The van der Waals surface area contributed by atoms with Crippen molar-refractivity contribution in [2.75, 3.05) is 39.6 Å². The minimum atomic E-state index is -5.01. The summed E-state index contributed by atoms with van der Waals surface area (Å²) >= 11 is 0. The van der Waals surface area contributed by atoms with E-state index < -0.39 is 97.5 Å². The van der Waals surface area contributed by atoms with Crippen molar-refractivity contribution in [3.05, 3.63) is 170 Å². The minimum Gasteiger partial charge on any atom is -0.462 e. The highest BCUT2D eigenvalue weighted by atomic mass is 31.2. The first-order chi connectivity index (χ1) is 52.7. The van der Waals surface area contributed by atoms with E-state index in [0.29, 0.717) is 38.5 Å². The Labute approximate surface area is 654 Å². The lowest BCUT2D eigenvalue weighted by Crippen LogP contribution is -2.30. The van der Waals surface area contributed by atoms with E-state index in [1.165, 1.54) is 64.2 Å². The Morgan fingerprint density at radius 1 is 0.269 bits per heavy atom. The number of aliphatic hydroxyl groups excluding tert-OH is 1. The number of unbranched alkanes of at least 4 members (excludes halogenated alkanes) is 22. The number of hydrogen-bond donors (Lipinski definition) is 3. The first-order valence-corrected chi connectivity index (χ1v) is 44.4. The van der Waals surface area contributed by atoms with Crippen molar-refractivity contribution in [1.82, 2.24) is 0 Å². The first kappa shape index (κ1) is 102. The zero-order valence-corrected chi connectivity index (χ0v) is 69.0. The van der Waals surface area contributed by atoms with E-state index in [9.17, 15) is 43.2 Å². The number of esters is 4. The topological polar surface area (TPSA) is 237 Å². The van der Waals surface area contributed by atoms with Crippen LogP contribution in [0.25, 0.3) is 0 Å². The van der Waals surface area contributed by atoms with Crippen LogP contribution < -0.4 is 0 Å². The van der Waals surface area contributed by atoms with Gasteiger partial charge in [-0.3, -0.25) is 37.3 Å². The van der Waals surface area contributed by atoms with Crippen LogP contribution in [0.2, 0.25) is 0 Å². The van der Waals surface area contributed by atoms with Gasteiger partial charge in [0.2, 0.25) is 0 Å². The highest BCUT2D eigenvalue weighted by molar-refractivity contribution is 7.47. The summed E-state index contributed by atoms with van der Waals surface area (Å²) in [7, 11) is -10.0. The Kier molecular flexibility index (Phi) is 75.4. The molecule has 0 saturated heterocycles. The maximum Gasteiger partial charge on any atom is 0.472 e. The second-order valence-electron chi connectivity index (χ2n) is 26.9. The Balaban J connectivity index is 5.48. The molecular weight excluding hydrogens is 1400 g/mol. The van der Waals surface area contributed by atoms with Gasteiger partial charge in [-0.15, -0.1) is 0 Å². The molecule has 5 atom stereocenters. The Bertz CT molecular complexity index is 2710. The van der Waals surface area contributed by atoms with Crippen molar-refractivity contribution in [2.24, 2.45) is 0 Å². The van der Waals surface area contributed by atoms with Gasteiger partial charge in [-0.05, 0) is 141 Å². The summed E-state index contributed by atoms with van der Waals surface area (Å²) in [4.78, 5) is 73.1. The van der Waals surface area contributed by atoms with Gasteiger partial charge >= 0.3 is 39.5 Å². The number of hydrogen-bond acceptors (Lipinski definition) is 15. The van der Waals surface area contributed by atoms with Crippen molar-refractivity contribution in [3.8, 4) is 0 Å². The average Bonchev–Trinajstić information content (AvgIpc) is 0.901. The standard InChI is InChI=1S/C89H146O17P2/c1-5-9-13-17-21-25-29-33-37-40-41-44-47-50-54-58-62-66-70-74-87(92)100-79-84(105-88(93)75-71-67-63-59-55-51-45-36-32-28-24-20-16-12-8-4)81-103-107(95,96)101-77-83(90)78-102-108(97,98)104-82-85(106-89(94)76-72-68-64-60-56-52-48-43-39-35-31-27-23-19-15-11-7-3)80-99-86(91)73-69-65-61-57-53-49-46-42-38-34-30-26-22-18-14-10-6-2/h9-11,13-15,21-23,25-27,33-35,37-39,41,44,46,48-49,52,57,60-61,64,83-85,90H,5-8,12,16-20,24,28-32,36,40,42-43,45,47,50-51,53-56,58-59,62-63,65-82H2,1-4H3,(H,95,96)(H,97,98)/b13-9-,14-10-,15-11-,25-21-,26-22-,27-23-,37-33-,38-34-,39-35-,44-41-,49-46-,52-48-,61-57-,64-60-. The molecule has 19 heteroatoms. The van der Waals surface area contributed by atoms with Gasteiger partial charge < -0.3 is 33.8 Å². The van der Waals surface area contributed by atoms with Crippen LogP contribution in [0.4, 0.5) is 0 Å². The third kappa shape index (κ3) is 78.5. The average molecular weight is 1550 g/mol. The van der Waals surface area contributed by atoms with Gasteiger partial charge in [0.05, 0.1) is 26.4 Å². The van der Waals surface area contributed by atoms with Crippen molar-refractivity contribution >= 4 is 39.5 Å². The van der Waals surface area contributed by atoms with Crippen LogP contribution in [-0.2, 0) is 65.4 Å². The van der Waals surface area contributed by atoms with E-state index in [1.54, 1.807) is 0 Å². The molecule has 0 aliphatic heterocycles. The van der Waals surface area contributed by atoms with Gasteiger partial charge in [0.15, 0.2) is 12.2 Å². The maximum atomic E-state index is 13.1. The van der Waals surface area contributed by atoms with E-state index in [1.807, 2.05) is 24.3 Å². The molecule has 0 aromatic heterocycles. The lowest BCUT2D eigenvalue weighted by atomic mass is 10.0. The first-order valence-electron chi connectivity index (χ1n) is 41.4. The summed E-state index contributed by atoms with van der Waals surface area (Å²) in [5.41, 5.74) is 0. The molecule has 0 heterocycles. The van der Waals surface area contributed by atoms with Gasteiger partial charge in [0.1, 0.15) is 19.3 Å². The smallest absolute Gasteiger partial charge is 0.462 e. The van der Waals surface area contributed by atoms with Crippen molar-refractivity contribution < 1.29 is 80.2 Å². The zero-order valence-electron chi connectivity index (χ0n) is 67.2. The van der Waals surface area contributed by atoms with Crippen LogP contribution in [0, 0.1) is 0 Å². The molecule has 0 aliphatic carbocycles. The largest absolute Gasteiger partial charge is 0.472 e.